The van der Waals surface area contributed by atoms with Crippen molar-refractivity contribution in [1.82, 2.24) is 5.32 Å². The van der Waals surface area contributed by atoms with Crippen LogP contribution in [-0.4, -0.2) is 19.0 Å². The van der Waals surface area contributed by atoms with Gasteiger partial charge in [-0.2, -0.15) is 0 Å². The van der Waals surface area contributed by atoms with Gasteiger partial charge in [-0.05, 0) is 23.7 Å². The summed E-state index contributed by atoms with van der Waals surface area (Å²) in [5, 5.41) is 3.06. The van der Waals surface area contributed by atoms with Gasteiger partial charge in [0.05, 0.1) is 5.92 Å². The molecule has 0 radical (unpaired) electrons. The van der Waals surface area contributed by atoms with Crippen LogP contribution in [0.15, 0.2) is 0 Å². The van der Waals surface area contributed by atoms with E-state index in [-0.39, 0.29) is 11.8 Å². The molecule has 1 amide bonds. The molecule has 0 saturated carbocycles. The molecule has 0 aliphatic rings. The fraction of sp³-hybridized carbons (Fsp3) is 0.929. The van der Waals surface area contributed by atoms with Gasteiger partial charge in [-0.25, -0.2) is 0 Å². The highest BCUT2D eigenvalue weighted by Crippen LogP contribution is 2.19. The minimum atomic E-state index is -0.0602. The molecule has 0 aromatic heterocycles. The molecule has 0 bridgehead atoms. The highest BCUT2D eigenvalue weighted by molar-refractivity contribution is 5.79. The molecular formula is C14H30N2O. The number of amides is 1. The van der Waals surface area contributed by atoms with Gasteiger partial charge in [0, 0.05) is 13.1 Å². The lowest BCUT2D eigenvalue weighted by Crippen LogP contribution is -2.41. The molecule has 1 atom stereocenters. The van der Waals surface area contributed by atoms with E-state index in [1.807, 2.05) is 13.8 Å². The monoisotopic (exact) mass is 242 g/mol. The summed E-state index contributed by atoms with van der Waals surface area (Å²) in [7, 11) is 0. The van der Waals surface area contributed by atoms with Gasteiger partial charge in [0.25, 0.3) is 0 Å². The van der Waals surface area contributed by atoms with Crippen LogP contribution in [-0.2, 0) is 4.79 Å². The van der Waals surface area contributed by atoms with E-state index in [1.54, 1.807) is 0 Å². The predicted octanol–water partition coefficient (Wildman–Crippen LogP) is 2.26. The van der Waals surface area contributed by atoms with Crippen LogP contribution < -0.4 is 11.1 Å². The van der Waals surface area contributed by atoms with Gasteiger partial charge in [-0.15, -0.1) is 0 Å². The Bertz CT molecular complexity index is 216. The molecule has 0 spiro atoms. The van der Waals surface area contributed by atoms with Crippen molar-refractivity contribution < 1.29 is 4.79 Å². The second-order valence-electron chi connectivity index (χ2n) is 5.98. The normalized spacial score (nSPS) is 13.8. The lowest BCUT2D eigenvalue weighted by molar-refractivity contribution is -0.126. The van der Waals surface area contributed by atoms with Crippen LogP contribution in [0.25, 0.3) is 0 Å². The minimum absolute atomic E-state index is 0.0602. The van der Waals surface area contributed by atoms with Crippen LogP contribution in [0.4, 0.5) is 0 Å². The molecule has 3 N–H and O–H groups in total. The molecule has 0 rings (SSSR count). The Morgan fingerprint density at radius 2 is 1.47 bits per heavy atom. The lowest BCUT2D eigenvalue weighted by atomic mass is 9.85. The van der Waals surface area contributed by atoms with Gasteiger partial charge in [-0.1, -0.05) is 41.5 Å². The summed E-state index contributed by atoms with van der Waals surface area (Å²) in [6.07, 6.45) is 0. The number of hydrogen-bond donors (Lipinski definition) is 2. The van der Waals surface area contributed by atoms with Crippen LogP contribution in [0.2, 0.25) is 0 Å². The zero-order chi connectivity index (χ0) is 13.6. The molecule has 3 heteroatoms. The molecule has 0 aromatic carbocycles. The van der Waals surface area contributed by atoms with Crippen molar-refractivity contribution in [2.75, 3.05) is 13.1 Å². The van der Waals surface area contributed by atoms with E-state index >= 15 is 0 Å². The maximum Gasteiger partial charge on any atom is 0.224 e. The third-order valence-electron chi connectivity index (χ3n) is 3.62. The van der Waals surface area contributed by atoms with Crippen molar-refractivity contribution in [1.29, 1.82) is 0 Å². The second-order valence-corrected chi connectivity index (χ2v) is 5.98. The van der Waals surface area contributed by atoms with E-state index in [1.165, 1.54) is 0 Å². The van der Waals surface area contributed by atoms with Crippen LogP contribution in [0.1, 0.15) is 41.5 Å². The molecule has 0 aromatic rings. The second kappa shape index (κ2) is 7.70. The predicted molar refractivity (Wildman–Crippen MR) is 73.6 cm³/mol. The molecule has 0 fully saturated rings. The number of nitrogens with two attached hydrogens (primary N) is 1. The Kier molecular flexibility index (Phi) is 7.44. The van der Waals surface area contributed by atoms with Gasteiger partial charge in [0.2, 0.25) is 5.91 Å². The largest absolute Gasteiger partial charge is 0.356 e. The fourth-order valence-electron chi connectivity index (χ4n) is 2.27. The summed E-state index contributed by atoms with van der Waals surface area (Å²) in [5.41, 5.74) is 5.64. The number of carbonyl (C=O) groups is 1. The van der Waals surface area contributed by atoms with Crippen LogP contribution >= 0.6 is 0 Å². The van der Waals surface area contributed by atoms with Crippen molar-refractivity contribution in [3.05, 3.63) is 0 Å². The maximum absolute atomic E-state index is 12.0. The molecule has 3 nitrogen and oxygen atoms in total. The molecule has 17 heavy (non-hydrogen) atoms. The van der Waals surface area contributed by atoms with Crippen LogP contribution in [0.3, 0.4) is 0 Å². The van der Waals surface area contributed by atoms with Gasteiger partial charge in [-0.3, -0.25) is 4.79 Å². The van der Waals surface area contributed by atoms with E-state index < -0.39 is 0 Å². The molecule has 0 aliphatic heterocycles. The number of nitrogens with one attached hydrogen (secondary N) is 1. The quantitative estimate of drug-likeness (QED) is 0.719. The Balaban J connectivity index is 4.30. The summed E-state index contributed by atoms with van der Waals surface area (Å²) in [6, 6.07) is 0. The first kappa shape index (κ1) is 16.4. The first-order valence-electron chi connectivity index (χ1n) is 6.79. The zero-order valence-electron chi connectivity index (χ0n) is 12.3. The molecule has 1 unspecified atom stereocenters. The van der Waals surface area contributed by atoms with Crippen molar-refractivity contribution in [3.8, 4) is 0 Å². The maximum atomic E-state index is 12.0. The molecule has 0 saturated heterocycles. The summed E-state index contributed by atoms with van der Waals surface area (Å²) in [6.45, 7) is 14.1. The summed E-state index contributed by atoms with van der Waals surface area (Å²) in [4.78, 5) is 12.0. The first-order chi connectivity index (χ1) is 7.81. The Hall–Kier alpha value is -0.570. The molecule has 102 valence electrons. The van der Waals surface area contributed by atoms with Crippen LogP contribution in [0.5, 0.6) is 0 Å². The summed E-state index contributed by atoms with van der Waals surface area (Å²) >= 11 is 0. The van der Waals surface area contributed by atoms with E-state index in [9.17, 15) is 4.79 Å². The van der Waals surface area contributed by atoms with Crippen molar-refractivity contribution in [3.63, 3.8) is 0 Å². The van der Waals surface area contributed by atoms with Gasteiger partial charge >= 0.3 is 0 Å². The van der Waals surface area contributed by atoms with E-state index in [4.69, 9.17) is 5.73 Å². The van der Waals surface area contributed by atoms with E-state index in [0.29, 0.717) is 30.2 Å². The Labute approximate surface area is 107 Å². The summed E-state index contributed by atoms with van der Waals surface area (Å²) in [5.74, 6) is 2.06. The Morgan fingerprint density at radius 3 is 1.76 bits per heavy atom. The SMILES string of the molecule is CC(C)C(CN)C(=O)NCC(C(C)C)C(C)C. The van der Waals surface area contributed by atoms with E-state index in [0.717, 1.165) is 6.54 Å². The third-order valence-corrected chi connectivity index (χ3v) is 3.62. The minimum Gasteiger partial charge on any atom is -0.356 e. The topological polar surface area (TPSA) is 55.1 Å². The van der Waals surface area contributed by atoms with Gasteiger partial charge < -0.3 is 11.1 Å². The van der Waals surface area contributed by atoms with Crippen molar-refractivity contribution in [2.24, 2.45) is 35.3 Å². The third kappa shape index (κ3) is 5.53. The highest BCUT2D eigenvalue weighted by atomic mass is 16.1. The highest BCUT2D eigenvalue weighted by Gasteiger charge is 2.23. The zero-order valence-corrected chi connectivity index (χ0v) is 12.3. The number of hydrogen-bond acceptors (Lipinski definition) is 2. The molecule has 0 heterocycles. The fourth-order valence-corrected chi connectivity index (χ4v) is 2.27. The summed E-state index contributed by atoms with van der Waals surface area (Å²) < 4.78 is 0. The molecular weight excluding hydrogens is 212 g/mol. The number of carbonyl (C=O) groups excluding carboxylic acids is 1. The smallest absolute Gasteiger partial charge is 0.224 e. The molecule has 0 aliphatic carbocycles. The Morgan fingerprint density at radius 1 is 1.00 bits per heavy atom. The average Bonchev–Trinajstić information content (AvgIpc) is 2.16. The average molecular weight is 242 g/mol. The van der Waals surface area contributed by atoms with Gasteiger partial charge in [0.15, 0.2) is 0 Å². The first-order valence-corrected chi connectivity index (χ1v) is 6.79. The lowest BCUT2D eigenvalue weighted by Gasteiger charge is -2.26. The standard InChI is InChI=1S/C14H30N2O/c1-9(2)12(7-15)14(17)16-8-13(10(3)4)11(5)6/h9-13H,7-8,15H2,1-6H3,(H,16,17). The van der Waals surface area contributed by atoms with Crippen molar-refractivity contribution in [2.45, 2.75) is 41.5 Å². The van der Waals surface area contributed by atoms with Gasteiger partial charge in [0.1, 0.15) is 0 Å². The van der Waals surface area contributed by atoms with E-state index in [2.05, 4.69) is 33.0 Å². The van der Waals surface area contributed by atoms with Crippen LogP contribution in [0, 0.1) is 29.6 Å². The number of rotatable bonds is 7. The van der Waals surface area contributed by atoms with Crippen molar-refractivity contribution >= 4 is 5.91 Å².